The Kier molecular flexibility index (Phi) is 4.38. The van der Waals surface area contributed by atoms with Crippen molar-refractivity contribution in [3.8, 4) is 0 Å². The molecule has 154 valence electrons. The second kappa shape index (κ2) is 6.97. The summed E-state index contributed by atoms with van der Waals surface area (Å²) in [6.45, 7) is 2.76. The highest BCUT2D eigenvalue weighted by atomic mass is 16.2. The van der Waals surface area contributed by atoms with Crippen molar-refractivity contribution in [2.75, 3.05) is 16.3 Å². The van der Waals surface area contributed by atoms with Crippen LogP contribution in [0.4, 0.5) is 16.2 Å². The Labute approximate surface area is 175 Å². The summed E-state index contributed by atoms with van der Waals surface area (Å²) in [5.74, 6) is -0.876. The van der Waals surface area contributed by atoms with Crippen LogP contribution < -0.4 is 15.1 Å². The average Bonchev–Trinajstić information content (AvgIpc) is 3.00. The number of nitrogens with one attached hydrogen (secondary N) is 1. The van der Waals surface area contributed by atoms with Gasteiger partial charge in [-0.2, -0.15) is 0 Å². The number of nitrogens with zero attached hydrogens (tertiary/aromatic N) is 2. The van der Waals surface area contributed by atoms with Crippen molar-refractivity contribution in [1.29, 1.82) is 0 Å². The third kappa shape index (κ3) is 2.66. The SMILES string of the molecule is Cc1ccc(N2C(=O)NC(=O)[C@@]3(Cc4ccccc4N4CCCCC[C@H]43)C2=O)cc1. The predicted molar refractivity (Wildman–Crippen MR) is 114 cm³/mol. The minimum absolute atomic E-state index is 0.261. The first-order valence-electron chi connectivity index (χ1n) is 10.6. The van der Waals surface area contributed by atoms with Gasteiger partial charge < -0.3 is 4.90 Å². The molecular formula is C24H25N3O3. The Morgan fingerprint density at radius 1 is 0.967 bits per heavy atom. The lowest BCUT2D eigenvalue weighted by molar-refractivity contribution is -0.144. The summed E-state index contributed by atoms with van der Waals surface area (Å²) in [5.41, 5.74) is 2.31. The van der Waals surface area contributed by atoms with Gasteiger partial charge in [0, 0.05) is 12.2 Å². The van der Waals surface area contributed by atoms with Crippen LogP contribution in [0.3, 0.4) is 0 Å². The fraction of sp³-hybridized carbons (Fsp3) is 0.375. The first-order valence-corrected chi connectivity index (χ1v) is 10.6. The molecule has 2 aromatic carbocycles. The normalized spacial score (nSPS) is 26.2. The molecule has 6 nitrogen and oxygen atoms in total. The van der Waals surface area contributed by atoms with Gasteiger partial charge in [-0.1, -0.05) is 48.7 Å². The minimum Gasteiger partial charge on any atom is -0.367 e. The quantitative estimate of drug-likeness (QED) is 0.739. The molecule has 0 aliphatic carbocycles. The zero-order valence-electron chi connectivity index (χ0n) is 17.1. The van der Waals surface area contributed by atoms with E-state index in [2.05, 4.69) is 16.3 Å². The van der Waals surface area contributed by atoms with E-state index in [0.717, 1.165) is 53.9 Å². The second-order valence-electron chi connectivity index (χ2n) is 8.57. The molecule has 0 bridgehead atoms. The number of para-hydroxylation sites is 1. The number of hydrogen-bond acceptors (Lipinski definition) is 4. The summed E-state index contributed by atoms with van der Waals surface area (Å²) in [4.78, 5) is 43.6. The maximum absolute atomic E-state index is 14.0. The number of anilines is 2. The third-order valence-electron chi connectivity index (χ3n) is 6.80. The van der Waals surface area contributed by atoms with E-state index in [4.69, 9.17) is 0 Å². The van der Waals surface area contributed by atoms with Crippen molar-refractivity contribution in [3.05, 3.63) is 59.7 Å². The van der Waals surface area contributed by atoms with Crippen LogP contribution in [-0.2, 0) is 16.0 Å². The second-order valence-corrected chi connectivity index (χ2v) is 8.57. The summed E-state index contributed by atoms with van der Waals surface area (Å²) < 4.78 is 0. The fourth-order valence-electron chi connectivity index (χ4n) is 5.30. The van der Waals surface area contributed by atoms with E-state index in [9.17, 15) is 14.4 Å². The zero-order chi connectivity index (χ0) is 20.9. The molecule has 2 aromatic rings. The summed E-state index contributed by atoms with van der Waals surface area (Å²) in [7, 11) is 0. The summed E-state index contributed by atoms with van der Waals surface area (Å²) in [6.07, 6.45) is 4.12. The maximum atomic E-state index is 14.0. The van der Waals surface area contributed by atoms with Gasteiger partial charge >= 0.3 is 6.03 Å². The molecule has 6 heteroatoms. The Hall–Kier alpha value is -3.15. The number of rotatable bonds is 1. The van der Waals surface area contributed by atoms with Crippen LogP contribution in [0.5, 0.6) is 0 Å². The van der Waals surface area contributed by atoms with E-state index < -0.39 is 23.3 Å². The molecule has 2 fully saturated rings. The molecule has 3 aliphatic rings. The Morgan fingerprint density at radius 3 is 2.53 bits per heavy atom. The van der Waals surface area contributed by atoms with Gasteiger partial charge in [-0.05, 0) is 49.9 Å². The molecule has 0 aromatic heterocycles. The van der Waals surface area contributed by atoms with Gasteiger partial charge in [0.2, 0.25) is 5.91 Å². The number of hydrogen-bond donors (Lipinski definition) is 1. The van der Waals surface area contributed by atoms with Crippen molar-refractivity contribution >= 4 is 29.2 Å². The van der Waals surface area contributed by atoms with Crippen molar-refractivity contribution in [2.45, 2.75) is 45.1 Å². The highest BCUT2D eigenvalue weighted by molar-refractivity contribution is 6.30. The van der Waals surface area contributed by atoms with E-state index >= 15 is 0 Å². The molecule has 5 rings (SSSR count). The Balaban J connectivity index is 1.66. The van der Waals surface area contributed by atoms with Gasteiger partial charge in [-0.3, -0.25) is 14.9 Å². The summed E-state index contributed by atoms with van der Waals surface area (Å²) >= 11 is 0. The van der Waals surface area contributed by atoms with Gasteiger partial charge in [0.05, 0.1) is 11.7 Å². The molecule has 2 atom stereocenters. The Bertz CT molecular complexity index is 1030. The summed E-state index contributed by atoms with van der Waals surface area (Å²) in [5, 5.41) is 2.52. The molecular weight excluding hydrogens is 378 g/mol. The highest BCUT2D eigenvalue weighted by Gasteiger charge is 2.62. The molecule has 0 unspecified atom stereocenters. The molecule has 1 spiro atoms. The van der Waals surface area contributed by atoms with E-state index in [1.807, 2.05) is 37.3 Å². The van der Waals surface area contributed by atoms with E-state index in [1.165, 1.54) is 0 Å². The molecule has 3 aliphatic heterocycles. The molecule has 1 N–H and O–H groups in total. The van der Waals surface area contributed by atoms with E-state index in [-0.39, 0.29) is 6.04 Å². The first-order chi connectivity index (χ1) is 14.5. The van der Waals surface area contributed by atoms with E-state index in [0.29, 0.717) is 12.1 Å². The number of carbonyl (C=O) groups is 3. The molecule has 3 heterocycles. The predicted octanol–water partition coefficient (Wildman–Crippen LogP) is 3.57. The van der Waals surface area contributed by atoms with Gasteiger partial charge in [0.1, 0.15) is 0 Å². The Morgan fingerprint density at radius 2 is 1.73 bits per heavy atom. The van der Waals surface area contributed by atoms with Gasteiger partial charge in [0.15, 0.2) is 5.41 Å². The standard InChI is InChI=1S/C24H25N3O3/c1-16-10-12-18(13-11-16)27-22(29)24(21(28)25-23(27)30)15-17-7-4-5-8-19(17)26-14-6-2-3-9-20(24)26/h4-5,7-8,10-13,20H,2-3,6,9,14-15H2,1H3,(H,25,28,30)/t20-,24-/m0/s1. The molecule has 30 heavy (non-hydrogen) atoms. The first kappa shape index (κ1) is 18.9. The maximum Gasteiger partial charge on any atom is 0.335 e. The largest absolute Gasteiger partial charge is 0.367 e. The number of urea groups is 1. The topological polar surface area (TPSA) is 69.7 Å². The monoisotopic (exact) mass is 403 g/mol. The number of barbiturate groups is 1. The van der Waals surface area contributed by atoms with Crippen molar-refractivity contribution < 1.29 is 14.4 Å². The molecule has 2 saturated heterocycles. The van der Waals surface area contributed by atoms with Crippen molar-refractivity contribution in [3.63, 3.8) is 0 Å². The minimum atomic E-state index is -1.31. The molecule has 0 saturated carbocycles. The van der Waals surface area contributed by atoms with Crippen LogP contribution in [-0.4, -0.2) is 30.4 Å². The number of benzene rings is 2. The number of fused-ring (bicyclic) bond motifs is 4. The number of imide groups is 2. The van der Waals surface area contributed by atoms with Crippen LogP contribution in [0.15, 0.2) is 48.5 Å². The highest BCUT2D eigenvalue weighted by Crippen LogP contribution is 2.47. The van der Waals surface area contributed by atoms with Crippen LogP contribution in [0.1, 0.15) is 36.8 Å². The fourth-order valence-corrected chi connectivity index (χ4v) is 5.30. The molecule has 4 amide bonds. The number of aryl methyl sites for hydroxylation is 1. The van der Waals surface area contributed by atoms with E-state index in [1.54, 1.807) is 12.1 Å². The molecule has 0 radical (unpaired) electrons. The van der Waals surface area contributed by atoms with Crippen LogP contribution in [0.2, 0.25) is 0 Å². The average molecular weight is 403 g/mol. The summed E-state index contributed by atoms with van der Waals surface area (Å²) in [6, 6.07) is 14.3. The zero-order valence-corrected chi connectivity index (χ0v) is 17.1. The van der Waals surface area contributed by atoms with Crippen molar-refractivity contribution in [1.82, 2.24) is 5.32 Å². The third-order valence-corrected chi connectivity index (χ3v) is 6.80. The number of amides is 4. The van der Waals surface area contributed by atoms with Crippen LogP contribution >= 0.6 is 0 Å². The lowest BCUT2D eigenvalue weighted by Crippen LogP contribution is -2.72. The van der Waals surface area contributed by atoms with Crippen molar-refractivity contribution in [2.24, 2.45) is 5.41 Å². The lowest BCUT2D eigenvalue weighted by Gasteiger charge is -2.51. The van der Waals surface area contributed by atoms with Gasteiger partial charge in [0.25, 0.3) is 5.91 Å². The van der Waals surface area contributed by atoms with Crippen LogP contribution in [0.25, 0.3) is 0 Å². The smallest absolute Gasteiger partial charge is 0.335 e. The lowest BCUT2D eigenvalue weighted by atomic mass is 9.67. The number of carbonyl (C=O) groups excluding carboxylic acids is 3. The van der Waals surface area contributed by atoms with Crippen LogP contribution in [0, 0.1) is 12.3 Å². The van der Waals surface area contributed by atoms with Gasteiger partial charge in [-0.25, -0.2) is 9.69 Å². The van der Waals surface area contributed by atoms with Gasteiger partial charge in [-0.15, -0.1) is 0 Å².